The van der Waals surface area contributed by atoms with E-state index in [1.165, 1.54) is 0 Å². The van der Waals surface area contributed by atoms with E-state index in [4.69, 9.17) is 10.8 Å². The molecule has 1 aromatic carbocycles. The van der Waals surface area contributed by atoms with Gasteiger partial charge in [-0.1, -0.05) is 18.2 Å². The molecule has 0 saturated heterocycles. The molecule has 5 heteroatoms. The summed E-state index contributed by atoms with van der Waals surface area (Å²) in [6.45, 7) is -0.0879. The molecule has 1 amide bonds. The minimum Gasteiger partial charge on any atom is -0.396 e. The molecule has 5 nitrogen and oxygen atoms in total. The highest BCUT2D eigenvalue weighted by Crippen LogP contribution is 2.24. The molecule has 0 bridgehead atoms. The Labute approximate surface area is 104 Å². The van der Waals surface area contributed by atoms with Gasteiger partial charge in [0.05, 0.1) is 6.10 Å². The van der Waals surface area contributed by atoms with Crippen molar-refractivity contribution < 1.29 is 15.0 Å². The maximum absolute atomic E-state index is 11.4. The lowest BCUT2D eigenvalue weighted by molar-refractivity contribution is 0.0993. The number of nitrogens with one attached hydrogen (secondary N) is 1. The Morgan fingerprint density at radius 2 is 2.11 bits per heavy atom. The quantitative estimate of drug-likeness (QED) is 0.621. The van der Waals surface area contributed by atoms with Crippen molar-refractivity contribution in [2.24, 2.45) is 5.73 Å². The first kappa shape index (κ1) is 12.6. The van der Waals surface area contributed by atoms with Gasteiger partial charge in [0.15, 0.2) is 0 Å². The van der Waals surface area contributed by atoms with Gasteiger partial charge >= 0.3 is 0 Å². The average molecular weight is 248 g/mol. The SMILES string of the molecule is NC(=O)c1[nH]c2ccccc2c1C[C@H](O)CCO. The number of aliphatic hydroxyl groups excluding tert-OH is 2. The van der Waals surface area contributed by atoms with Crippen LogP contribution in [0.4, 0.5) is 0 Å². The minimum atomic E-state index is -0.688. The van der Waals surface area contributed by atoms with Crippen LogP contribution in [0.2, 0.25) is 0 Å². The number of carbonyl (C=O) groups is 1. The average Bonchev–Trinajstić information content (AvgIpc) is 2.69. The molecule has 18 heavy (non-hydrogen) atoms. The topological polar surface area (TPSA) is 99.3 Å². The summed E-state index contributed by atoms with van der Waals surface area (Å²) in [7, 11) is 0. The van der Waals surface area contributed by atoms with Crippen LogP contribution in [0.5, 0.6) is 0 Å². The number of carbonyl (C=O) groups excluding carboxylic acids is 1. The number of fused-ring (bicyclic) bond motifs is 1. The van der Waals surface area contributed by atoms with Gasteiger partial charge in [0.1, 0.15) is 5.69 Å². The fourth-order valence-corrected chi connectivity index (χ4v) is 2.11. The van der Waals surface area contributed by atoms with Crippen molar-refractivity contribution in [2.75, 3.05) is 6.61 Å². The lowest BCUT2D eigenvalue weighted by Gasteiger charge is -2.09. The summed E-state index contributed by atoms with van der Waals surface area (Å²) >= 11 is 0. The fourth-order valence-electron chi connectivity index (χ4n) is 2.11. The number of H-pyrrole nitrogens is 1. The summed E-state index contributed by atoms with van der Waals surface area (Å²) in [6.07, 6.45) is -0.118. The summed E-state index contributed by atoms with van der Waals surface area (Å²) in [4.78, 5) is 14.4. The molecule has 0 spiro atoms. The molecule has 2 aromatic rings. The molecule has 1 heterocycles. The Kier molecular flexibility index (Phi) is 3.64. The highest BCUT2D eigenvalue weighted by atomic mass is 16.3. The van der Waals surface area contributed by atoms with E-state index >= 15 is 0 Å². The Hall–Kier alpha value is -1.85. The predicted octanol–water partition coefficient (Wildman–Crippen LogP) is 0.553. The van der Waals surface area contributed by atoms with Crippen LogP contribution in [-0.2, 0) is 6.42 Å². The highest BCUT2D eigenvalue weighted by Gasteiger charge is 2.17. The van der Waals surface area contributed by atoms with E-state index in [2.05, 4.69) is 4.98 Å². The van der Waals surface area contributed by atoms with Crippen molar-refractivity contribution in [2.45, 2.75) is 18.9 Å². The molecule has 0 aliphatic carbocycles. The molecule has 0 aliphatic heterocycles. The van der Waals surface area contributed by atoms with Crippen molar-refractivity contribution >= 4 is 16.8 Å². The van der Waals surface area contributed by atoms with Crippen molar-refractivity contribution in [3.8, 4) is 0 Å². The van der Waals surface area contributed by atoms with E-state index in [9.17, 15) is 9.90 Å². The standard InChI is InChI=1S/C13H16N2O3/c14-13(18)12-10(7-8(17)5-6-16)9-3-1-2-4-11(9)15-12/h1-4,8,15-17H,5-7H2,(H2,14,18)/t8-/m1/s1. The van der Waals surface area contributed by atoms with Crippen molar-refractivity contribution in [1.29, 1.82) is 0 Å². The molecule has 2 rings (SSSR count). The molecule has 0 aliphatic rings. The van der Waals surface area contributed by atoms with Crippen LogP contribution < -0.4 is 5.73 Å². The monoisotopic (exact) mass is 248 g/mol. The van der Waals surface area contributed by atoms with Crippen LogP contribution in [0.15, 0.2) is 24.3 Å². The number of rotatable bonds is 5. The van der Waals surface area contributed by atoms with E-state index in [0.29, 0.717) is 17.7 Å². The molecule has 5 N–H and O–H groups in total. The number of primary amides is 1. The van der Waals surface area contributed by atoms with Crippen LogP contribution in [0, 0.1) is 0 Å². The van der Waals surface area contributed by atoms with Gasteiger partial charge in [-0.25, -0.2) is 0 Å². The Morgan fingerprint density at radius 3 is 2.78 bits per heavy atom. The lowest BCUT2D eigenvalue weighted by Crippen LogP contribution is -2.18. The van der Waals surface area contributed by atoms with Gasteiger partial charge < -0.3 is 20.9 Å². The number of aromatic nitrogens is 1. The molecular weight excluding hydrogens is 232 g/mol. The van der Waals surface area contributed by atoms with E-state index in [-0.39, 0.29) is 13.0 Å². The summed E-state index contributed by atoms with van der Waals surface area (Å²) in [5.74, 6) is -0.544. The van der Waals surface area contributed by atoms with Crippen LogP contribution in [0.1, 0.15) is 22.5 Å². The second-order valence-corrected chi connectivity index (χ2v) is 4.26. The Morgan fingerprint density at radius 1 is 1.39 bits per heavy atom. The van der Waals surface area contributed by atoms with Crippen LogP contribution in [0.3, 0.4) is 0 Å². The smallest absolute Gasteiger partial charge is 0.265 e. The van der Waals surface area contributed by atoms with Crippen molar-refractivity contribution in [1.82, 2.24) is 4.98 Å². The maximum Gasteiger partial charge on any atom is 0.265 e. The molecular formula is C13H16N2O3. The van der Waals surface area contributed by atoms with E-state index in [1.807, 2.05) is 24.3 Å². The Balaban J connectivity index is 2.45. The number of hydrogen-bond acceptors (Lipinski definition) is 3. The van der Waals surface area contributed by atoms with Gasteiger partial charge in [-0.05, 0) is 18.1 Å². The number of benzene rings is 1. The summed E-state index contributed by atoms with van der Waals surface area (Å²) in [5, 5.41) is 19.4. The molecule has 0 fully saturated rings. The molecule has 0 unspecified atom stereocenters. The third kappa shape index (κ3) is 2.37. The van der Waals surface area contributed by atoms with Gasteiger partial charge in [-0.15, -0.1) is 0 Å². The minimum absolute atomic E-state index is 0.0879. The molecule has 1 aromatic heterocycles. The van der Waals surface area contributed by atoms with Gasteiger partial charge in [-0.2, -0.15) is 0 Å². The number of hydrogen-bond donors (Lipinski definition) is 4. The van der Waals surface area contributed by atoms with Crippen molar-refractivity contribution in [3.05, 3.63) is 35.5 Å². The van der Waals surface area contributed by atoms with Gasteiger partial charge in [0.2, 0.25) is 0 Å². The summed E-state index contributed by atoms with van der Waals surface area (Å²) in [5.41, 5.74) is 7.18. The zero-order valence-electron chi connectivity index (χ0n) is 9.89. The molecule has 0 radical (unpaired) electrons. The van der Waals surface area contributed by atoms with Crippen LogP contribution >= 0.6 is 0 Å². The largest absolute Gasteiger partial charge is 0.396 e. The number of para-hydroxylation sites is 1. The van der Waals surface area contributed by atoms with E-state index < -0.39 is 12.0 Å². The normalized spacial score (nSPS) is 12.8. The van der Waals surface area contributed by atoms with Crippen LogP contribution in [-0.4, -0.2) is 33.8 Å². The van der Waals surface area contributed by atoms with Gasteiger partial charge in [-0.3, -0.25) is 4.79 Å². The summed E-state index contributed by atoms with van der Waals surface area (Å²) in [6, 6.07) is 7.45. The molecule has 0 saturated carbocycles. The first-order valence-electron chi connectivity index (χ1n) is 5.81. The second-order valence-electron chi connectivity index (χ2n) is 4.26. The molecule has 96 valence electrons. The number of nitrogens with two attached hydrogens (primary N) is 1. The van der Waals surface area contributed by atoms with Crippen LogP contribution in [0.25, 0.3) is 10.9 Å². The van der Waals surface area contributed by atoms with Gasteiger partial charge in [0, 0.05) is 23.9 Å². The number of aliphatic hydroxyl groups is 2. The maximum atomic E-state index is 11.4. The zero-order valence-corrected chi connectivity index (χ0v) is 9.89. The van der Waals surface area contributed by atoms with E-state index in [1.54, 1.807) is 0 Å². The molecule has 1 atom stereocenters. The third-order valence-corrected chi connectivity index (χ3v) is 2.96. The second kappa shape index (κ2) is 5.20. The highest BCUT2D eigenvalue weighted by molar-refractivity contribution is 6.00. The first-order valence-corrected chi connectivity index (χ1v) is 5.81. The lowest BCUT2D eigenvalue weighted by atomic mass is 10.0. The first-order chi connectivity index (χ1) is 8.63. The fraction of sp³-hybridized carbons (Fsp3) is 0.308. The number of aromatic amines is 1. The predicted molar refractivity (Wildman–Crippen MR) is 68.2 cm³/mol. The number of amides is 1. The van der Waals surface area contributed by atoms with E-state index in [0.717, 1.165) is 10.9 Å². The third-order valence-electron chi connectivity index (χ3n) is 2.96. The Bertz CT molecular complexity index is 562. The summed E-state index contributed by atoms with van der Waals surface area (Å²) < 4.78 is 0. The van der Waals surface area contributed by atoms with Crippen molar-refractivity contribution in [3.63, 3.8) is 0 Å². The van der Waals surface area contributed by atoms with Gasteiger partial charge in [0.25, 0.3) is 5.91 Å². The zero-order chi connectivity index (χ0) is 13.1.